The second kappa shape index (κ2) is 10.2. The van der Waals surface area contributed by atoms with Crippen LogP contribution < -0.4 is 0 Å². The summed E-state index contributed by atoms with van der Waals surface area (Å²) < 4.78 is 0. The molecule has 0 rings (SSSR count). The van der Waals surface area contributed by atoms with Crippen molar-refractivity contribution in [3.8, 4) is 0 Å². The molecule has 0 amide bonds. The molecule has 0 aromatic carbocycles. The summed E-state index contributed by atoms with van der Waals surface area (Å²) in [5.74, 6) is 1.30. The largest absolute Gasteiger partial charge is 0.155 e. The molecule has 0 nitrogen and oxygen atoms in total. The molecule has 0 aromatic heterocycles. The van der Waals surface area contributed by atoms with Crippen molar-refractivity contribution < 1.29 is 0 Å². The monoisotopic (exact) mass is 200 g/mol. The third-order valence-electron chi connectivity index (χ3n) is 2.21. The summed E-state index contributed by atoms with van der Waals surface area (Å²) in [6.45, 7) is 8.26. The van der Waals surface area contributed by atoms with Gasteiger partial charge in [0.05, 0.1) is 0 Å². The van der Waals surface area contributed by atoms with Crippen LogP contribution >= 0.6 is 11.8 Å². The molecule has 0 spiro atoms. The van der Waals surface area contributed by atoms with E-state index in [4.69, 9.17) is 0 Å². The van der Waals surface area contributed by atoms with Crippen molar-refractivity contribution in [1.82, 2.24) is 0 Å². The molecule has 0 aliphatic rings. The first-order valence-electron chi connectivity index (χ1n) is 5.55. The Labute approximate surface area is 88.2 Å². The van der Waals surface area contributed by atoms with Crippen LogP contribution in [0.5, 0.6) is 0 Å². The number of thioether (sulfide) groups is 1. The van der Waals surface area contributed by atoms with Crippen molar-refractivity contribution in [1.29, 1.82) is 0 Å². The van der Waals surface area contributed by atoms with E-state index in [9.17, 15) is 0 Å². The molecule has 0 radical (unpaired) electrons. The predicted octanol–water partition coefficient (Wildman–Crippen LogP) is 4.65. The minimum Gasteiger partial charge on any atom is -0.155 e. The molecular weight excluding hydrogens is 176 g/mol. The van der Waals surface area contributed by atoms with E-state index in [1.54, 1.807) is 0 Å². The molecule has 0 bridgehead atoms. The van der Waals surface area contributed by atoms with Crippen LogP contribution in [0.4, 0.5) is 0 Å². The van der Waals surface area contributed by atoms with Gasteiger partial charge in [0.2, 0.25) is 0 Å². The van der Waals surface area contributed by atoms with Crippen LogP contribution in [0.2, 0.25) is 0 Å². The molecule has 78 valence electrons. The molecule has 0 N–H and O–H groups in total. The van der Waals surface area contributed by atoms with Gasteiger partial charge in [-0.15, -0.1) is 6.58 Å². The Morgan fingerprint density at radius 1 is 1.15 bits per heavy atom. The van der Waals surface area contributed by atoms with Gasteiger partial charge in [-0.25, -0.2) is 0 Å². The Hall–Kier alpha value is 0.0900. The second-order valence-electron chi connectivity index (χ2n) is 3.58. The van der Waals surface area contributed by atoms with Gasteiger partial charge in [-0.05, 0) is 19.1 Å². The molecule has 0 aliphatic heterocycles. The standard InChI is InChI=1S/C12H24S/c1-4-6-7-8-9-10-11-13-12(3)5-2/h5,12H,2,4,6-11H2,1,3H3. The lowest BCUT2D eigenvalue weighted by Gasteiger charge is -2.04. The summed E-state index contributed by atoms with van der Waals surface area (Å²) in [6, 6.07) is 0. The minimum atomic E-state index is 0.635. The zero-order chi connectivity index (χ0) is 9.94. The lowest BCUT2D eigenvalue weighted by Crippen LogP contribution is -1.91. The highest BCUT2D eigenvalue weighted by Crippen LogP contribution is 2.14. The Morgan fingerprint density at radius 3 is 2.38 bits per heavy atom. The lowest BCUT2D eigenvalue weighted by atomic mass is 10.1. The highest BCUT2D eigenvalue weighted by molar-refractivity contribution is 8.00. The van der Waals surface area contributed by atoms with Gasteiger partial charge in [0.1, 0.15) is 0 Å². The second-order valence-corrected chi connectivity index (χ2v) is 5.06. The maximum absolute atomic E-state index is 3.78. The summed E-state index contributed by atoms with van der Waals surface area (Å²) in [7, 11) is 0. The first-order valence-corrected chi connectivity index (χ1v) is 6.60. The minimum absolute atomic E-state index is 0.635. The number of unbranched alkanes of at least 4 members (excludes halogenated alkanes) is 5. The van der Waals surface area contributed by atoms with Crippen molar-refractivity contribution in [2.75, 3.05) is 5.75 Å². The molecule has 0 saturated carbocycles. The van der Waals surface area contributed by atoms with Gasteiger partial charge >= 0.3 is 0 Å². The van der Waals surface area contributed by atoms with E-state index in [0.29, 0.717) is 5.25 Å². The number of hydrogen-bond donors (Lipinski definition) is 0. The fraction of sp³-hybridized carbons (Fsp3) is 0.833. The molecule has 0 fully saturated rings. The number of rotatable bonds is 9. The average molecular weight is 200 g/mol. The van der Waals surface area contributed by atoms with Crippen molar-refractivity contribution in [3.63, 3.8) is 0 Å². The zero-order valence-electron chi connectivity index (χ0n) is 9.22. The van der Waals surface area contributed by atoms with E-state index in [2.05, 4.69) is 20.4 Å². The van der Waals surface area contributed by atoms with E-state index >= 15 is 0 Å². The zero-order valence-corrected chi connectivity index (χ0v) is 10.0. The van der Waals surface area contributed by atoms with Gasteiger partial charge in [0.15, 0.2) is 0 Å². The maximum atomic E-state index is 3.78. The quantitative estimate of drug-likeness (QED) is 0.385. The van der Waals surface area contributed by atoms with Crippen LogP contribution in [0.3, 0.4) is 0 Å². The fourth-order valence-corrected chi connectivity index (χ4v) is 2.10. The third kappa shape index (κ3) is 10.0. The van der Waals surface area contributed by atoms with Crippen LogP contribution in [0.15, 0.2) is 12.7 Å². The summed E-state index contributed by atoms with van der Waals surface area (Å²) in [5.41, 5.74) is 0. The Bertz CT molecular complexity index is 110. The van der Waals surface area contributed by atoms with E-state index in [0.717, 1.165) is 0 Å². The average Bonchev–Trinajstić information content (AvgIpc) is 2.16. The van der Waals surface area contributed by atoms with Gasteiger partial charge < -0.3 is 0 Å². The maximum Gasteiger partial charge on any atom is 0.0196 e. The van der Waals surface area contributed by atoms with Crippen LogP contribution in [0, 0.1) is 0 Å². The van der Waals surface area contributed by atoms with Gasteiger partial charge in [-0.2, -0.15) is 11.8 Å². The Balaban J connectivity index is 2.95. The molecule has 13 heavy (non-hydrogen) atoms. The smallest absolute Gasteiger partial charge is 0.0196 e. The molecule has 1 atom stereocenters. The van der Waals surface area contributed by atoms with Crippen molar-refractivity contribution in [2.24, 2.45) is 0 Å². The SMILES string of the molecule is C=CC(C)SCCCCCCCC. The molecule has 1 heteroatoms. The topological polar surface area (TPSA) is 0 Å². The summed E-state index contributed by atoms with van der Waals surface area (Å²) >= 11 is 2.02. The predicted molar refractivity (Wildman–Crippen MR) is 65.5 cm³/mol. The molecule has 0 aliphatic carbocycles. The summed E-state index contributed by atoms with van der Waals surface area (Å²) in [5, 5.41) is 0.635. The molecule has 0 heterocycles. The molecule has 0 aromatic rings. The normalized spacial score (nSPS) is 12.8. The fourth-order valence-electron chi connectivity index (χ4n) is 1.22. The highest BCUT2D eigenvalue weighted by atomic mass is 32.2. The Morgan fingerprint density at radius 2 is 1.77 bits per heavy atom. The van der Waals surface area contributed by atoms with Crippen LogP contribution in [-0.4, -0.2) is 11.0 Å². The van der Waals surface area contributed by atoms with Crippen LogP contribution in [0.1, 0.15) is 52.4 Å². The molecule has 0 saturated heterocycles. The van der Waals surface area contributed by atoms with Gasteiger partial charge in [-0.3, -0.25) is 0 Å². The van der Waals surface area contributed by atoms with E-state index in [-0.39, 0.29) is 0 Å². The summed E-state index contributed by atoms with van der Waals surface area (Å²) in [4.78, 5) is 0. The van der Waals surface area contributed by atoms with Crippen LogP contribution in [-0.2, 0) is 0 Å². The van der Waals surface area contributed by atoms with Crippen molar-refractivity contribution in [3.05, 3.63) is 12.7 Å². The number of hydrogen-bond acceptors (Lipinski definition) is 1. The Kier molecular flexibility index (Phi) is 10.2. The van der Waals surface area contributed by atoms with Gasteiger partial charge in [-0.1, -0.05) is 45.1 Å². The van der Waals surface area contributed by atoms with E-state index < -0.39 is 0 Å². The first-order chi connectivity index (χ1) is 6.31. The molecule has 1 unspecified atom stereocenters. The lowest BCUT2D eigenvalue weighted by molar-refractivity contribution is 0.627. The van der Waals surface area contributed by atoms with Crippen LogP contribution in [0.25, 0.3) is 0 Å². The first kappa shape index (κ1) is 13.1. The van der Waals surface area contributed by atoms with Crippen molar-refractivity contribution >= 4 is 11.8 Å². The third-order valence-corrected chi connectivity index (χ3v) is 3.45. The summed E-state index contributed by atoms with van der Waals surface area (Å²) in [6.07, 6.45) is 10.4. The van der Waals surface area contributed by atoms with Gasteiger partial charge in [0.25, 0.3) is 0 Å². The van der Waals surface area contributed by atoms with Gasteiger partial charge in [0, 0.05) is 5.25 Å². The highest BCUT2D eigenvalue weighted by Gasteiger charge is 1.95. The van der Waals surface area contributed by atoms with Crippen molar-refractivity contribution in [2.45, 2.75) is 57.6 Å². The van der Waals surface area contributed by atoms with E-state index in [1.807, 2.05) is 17.8 Å². The van der Waals surface area contributed by atoms with E-state index in [1.165, 1.54) is 44.3 Å². The molecular formula is C12H24S.